The zero-order chi connectivity index (χ0) is 17.7. The minimum absolute atomic E-state index is 0.211. The first-order valence-corrected chi connectivity index (χ1v) is 10.9. The highest BCUT2D eigenvalue weighted by atomic mass is 79.9. The van der Waals surface area contributed by atoms with E-state index < -0.39 is 10.0 Å². The van der Waals surface area contributed by atoms with Crippen LogP contribution in [0, 0.1) is 0 Å². The first kappa shape index (κ1) is 19.4. The second-order valence-corrected chi connectivity index (χ2v) is 8.39. The largest absolute Gasteiger partial charge is 0.238 e. The standard InChI is InChI=1S/C18H21BrClNO2S/c1-2-3-5-14-6-4-7-16(18(14)24(21,22)23)15-9-8-13(10-11-19)17(20)12-15/h4,6-9,12H,2-3,5,10-11H2,1H3,(H2,21,22,23). The first-order valence-electron chi connectivity index (χ1n) is 7.88. The van der Waals surface area contributed by atoms with Crippen LogP contribution in [0.5, 0.6) is 0 Å². The average molecular weight is 431 g/mol. The molecular formula is C18H21BrClNO2S. The van der Waals surface area contributed by atoms with Crippen molar-refractivity contribution in [2.24, 2.45) is 5.14 Å². The smallest absolute Gasteiger partial charge is 0.225 e. The van der Waals surface area contributed by atoms with Gasteiger partial charge in [-0.3, -0.25) is 0 Å². The van der Waals surface area contributed by atoms with E-state index >= 15 is 0 Å². The van der Waals surface area contributed by atoms with E-state index in [0.717, 1.165) is 41.3 Å². The number of benzene rings is 2. The van der Waals surface area contributed by atoms with Crippen molar-refractivity contribution in [3.8, 4) is 11.1 Å². The number of primary sulfonamides is 1. The summed E-state index contributed by atoms with van der Waals surface area (Å²) in [6.45, 7) is 2.07. The minimum Gasteiger partial charge on any atom is -0.225 e. The Hall–Kier alpha value is -0.880. The molecule has 0 aromatic heterocycles. The van der Waals surface area contributed by atoms with Crippen LogP contribution in [0.3, 0.4) is 0 Å². The monoisotopic (exact) mass is 429 g/mol. The zero-order valence-corrected chi connectivity index (χ0v) is 16.7. The summed E-state index contributed by atoms with van der Waals surface area (Å²) in [5.74, 6) is 0. The Morgan fingerprint density at radius 1 is 1.12 bits per heavy atom. The van der Waals surface area contributed by atoms with Crippen molar-refractivity contribution in [1.29, 1.82) is 0 Å². The lowest BCUT2D eigenvalue weighted by Crippen LogP contribution is -2.16. The van der Waals surface area contributed by atoms with Crippen LogP contribution in [-0.2, 0) is 22.9 Å². The molecule has 0 fully saturated rings. The fraction of sp³-hybridized carbons (Fsp3) is 0.333. The van der Waals surface area contributed by atoms with E-state index in [4.69, 9.17) is 16.7 Å². The van der Waals surface area contributed by atoms with Crippen LogP contribution >= 0.6 is 27.5 Å². The van der Waals surface area contributed by atoms with Gasteiger partial charge in [0.05, 0.1) is 4.90 Å². The van der Waals surface area contributed by atoms with Gasteiger partial charge >= 0.3 is 0 Å². The van der Waals surface area contributed by atoms with Crippen molar-refractivity contribution in [2.75, 3.05) is 5.33 Å². The van der Waals surface area contributed by atoms with Crippen LogP contribution < -0.4 is 5.14 Å². The van der Waals surface area contributed by atoms with E-state index in [1.54, 1.807) is 6.07 Å². The molecule has 2 rings (SSSR count). The van der Waals surface area contributed by atoms with Crippen molar-refractivity contribution >= 4 is 37.6 Å². The lowest BCUT2D eigenvalue weighted by Gasteiger charge is -2.14. The molecule has 0 atom stereocenters. The summed E-state index contributed by atoms with van der Waals surface area (Å²) in [4.78, 5) is 0.211. The second kappa shape index (κ2) is 8.48. The number of sulfonamides is 1. The summed E-state index contributed by atoms with van der Waals surface area (Å²) in [5, 5.41) is 6.97. The summed E-state index contributed by atoms with van der Waals surface area (Å²) < 4.78 is 24.4. The van der Waals surface area contributed by atoms with Gasteiger partial charge in [0.25, 0.3) is 0 Å². The normalized spacial score (nSPS) is 11.7. The molecule has 0 aliphatic rings. The fourth-order valence-corrected chi connectivity index (χ4v) is 4.46. The predicted molar refractivity (Wildman–Crippen MR) is 104 cm³/mol. The van der Waals surface area contributed by atoms with Gasteiger partial charge in [-0.25, -0.2) is 13.6 Å². The van der Waals surface area contributed by atoms with Crippen LogP contribution in [0.1, 0.15) is 30.9 Å². The van der Waals surface area contributed by atoms with Gasteiger partial charge in [0, 0.05) is 15.9 Å². The van der Waals surface area contributed by atoms with Gasteiger partial charge in [-0.05, 0) is 42.0 Å². The minimum atomic E-state index is -3.83. The van der Waals surface area contributed by atoms with Crippen LogP contribution in [0.15, 0.2) is 41.3 Å². The van der Waals surface area contributed by atoms with E-state index in [2.05, 4.69) is 22.9 Å². The van der Waals surface area contributed by atoms with Gasteiger partial charge in [0.15, 0.2) is 0 Å². The second-order valence-electron chi connectivity index (χ2n) is 5.69. The van der Waals surface area contributed by atoms with E-state index in [0.29, 0.717) is 17.0 Å². The van der Waals surface area contributed by atoms with Crippen LogP contribution in [-0.4, -0.2) is 13.7 Å². The van der Waals surface area contributed by atoms with Gasteiger partial charge in [0.2, 0.25) is 10.0 Å². The molecule has 2 N–H and O–H groups in total. The molecule has 0 bridgehead atoms. The highest BCUT2D eigenvalue weighted by molar-refractivity contribution is 9.09. The molecule has 2 aromatic rings. The topological polar surface area (TPSA) is 60.2 Å². The first-order chi connectivity index (χ1) is 11.4. The summed E-state index contributed by atoms with van der Waals surface area (Å²) in [5.41, 5.74) is 3.16. The molecule has 24 heavy (non-hydrogen) atoms. The van der Waals surface area contributed by atoms with Crippen LogP contribution in [0.2, 0.25) is 5.02 Å². The number of alkyl halides is 1. The molecule has 0 radical (unpaired) electrons. The van der Waals surface area contributed by atoms with E-state index in [-0.39, 0.29) is 4.90 Å². The number of rotatable bonds is 7. The Bertz CT molecular complexity index is 822. The summed E-state index contributed by atoms with van der Waals surface area (Å²) >= 11 is 9.75. The molecule has 0 amide bonds. The fourth-order valence-electron chi connectivity index (χ4n) is 2.73. The van der Waals surface area contributed by atoms with Crippen molar-refractivity contribution in [3.05, 3.63) is 52.5 Å². The van der Waals surface area contributed by atoms with Gasteiger partial charge in [-0.15, -0.1) is 0 Å². The number of unbranched alkanes of at least 4 members (excludes halogenated alkanes) is 1. The third kappa shape index (κ3) is 4.60. The van der Waals surface area contributed by atoms with E-state index in [1.807, 2.05) is 30.3 Å². The van der Waals surface area contributed by atoms with Gasteiger partial charge in [-0.2, -0.15) is 0 Å². The maximum atomic E-state index is 12.2. The Balaban J connectivity index is 2.60. The molecule has 2 aromatic carbocycles. The molecule has 6 heteroatoms. The Morgan fingerprint density at radius 3 is 2.46 bits per heavy atom. The van der Waals surface area contributed by atoms with Crippen molar-refractivity contribution in [1.82, 2.24) is 0 Å². The molecule has 0 aliphatic heterocycles. The molecule has 0 aliphatic carbocycles. The number of halogens is 2. The summed E-state index contributed by atoms with van der Waals surface area (Å²) in [7, 11) is -3.83. The van der Waals surface area contributed by atoms with Crippen molar-refractivity contribution in [2.45, 2.75) is 37.5 Å². The third-order valence-corrected chi connectivity index (χ3v) is 5.71. The Morgan fingerprint density at radius 2 is 1.88 bits per heavy atom. The van der Waals surface area contributed by atoms with E-state index in [1.165, 1.54) is 0 Å². The molecule has 0 saturated heterocycles. The molecule has 3 nitrogen and oxygen atoms in total. The molecule has 0 heterocycles. The SMILES string of the molecule is CCCCc1cccc(-c2ccc(CCBr)c(Cl)c2)c1S(N)(=O)=O. The molecule has 0 saturated carbocycles. The highest BCUT2D eigenvalue weighted by Crippen LogP contribution is 2.33. The van der Waals surface area contributed by atoms with E-state index in [9.17, 15) is 8.42 Å². The lowest BCUT2D eigenvalue weighted by atomic mass is 9.99. The van der Waals surface area contributed by atoms with Crippen LogP contribution in [0.25, 0.3) is 11.1 Å². The predicted octanol–water partition coefficient (Wildman–Crippen LogP) is 4.93. The number of nitrogens with two attached hydrogens (primary N) is 1. The molecular weight excluding hydrogens is 410 g/mol. The lowest BCUT2D eigenvalue weighted by molar-refractivity contribution is 0.596. The summed E-state index contributed by atoms with van der Waals surface area (Å²) in [6.07, 6.45) is 3.40. The highest BCUT2D eigenvalue weighted by Gasteiger charge is 2.20. The van der Waals surface area contributed by atoms with Crippen molar-refractivity contribution in [3.63, 3.8) is 0 Å². The molecule has 130 valence electrons. The maximum Gasteiger partial charge on any atom is 0.238 e. The number of aryl methyl sites for hydroxylation is 2. The number of hydrogen-bond acceptors (Lipinski definition) is 2. The number of hydrogen-bond donors (Lipinski definition) is 1. The third-order valence-electron chi connectivity index (χ3n) is 3.91. The van der Waals surface area contributed by atoms with Crippen LogP contribution in [0.4, 0.5) is 0 Å². The zero-order valence-electron chi connectivity index (χ0n) is 13.6. The summed E-state index contributed by atoms with van der Waals surface area (Å²) in [6, 6.07) is 11.1. The van der Waals surface area contributed by atoms with Gasteiger partial charge < -0.3 is 0 Å². The quantitative estimate of drug-likeness (QED) is 0.633. The Labute approximate surface area is 157 Å². The molecule has 0 unspecified atom stereocenters. The van der Waals surface area contributed by atoms with Gasteiger partial charge in [0.1, 0.15) is 0 Å². The van der Waals surface area contributed by atoms with Crippen molar-refractivity contribution < 1.29 is 8.42 Å². The maximum absolute atomic E-state index is 12.2. The van der Waals surface area contributed by atoms with Gasteiger partial charge in [-0.1, -0.05) is 71.2 Å². The Kier molecular flexibility index (Phi) is 6.87. The molecule has 0 spiro atoms. The average Bonchev–Trinajstić information content (AvgIpc) is 2.53.